The fraction of sp³-hybridized carbons (Fsp3) is 0.409. The summed E-state index contributed by atoms with van der Waals surface area (Å²) in [7, 11) is 4.25. The zero-order valence-corrected chi connectivity index (χ0v) is 33.8. The van der Waals surface area contributed by atoms with Gasteiger partial charge in [-0.1, -0.05) is 91.5 Å². The van der Waals surface area contributed by atoms with Gasteiger partial charge >= 0.3 is 0 Å². The Hall–Kier alpha value is -3.73. The third-order valence-corrected chi connectivity index (χ3v) is 9.34. The minimum absolute atomic E-state index is 0. The average Bonchev–Trinajstić information content (AvgIpc) is 3.46. The van der Waals surface area contributed by atoms with Crippen molar-refractivity contribution in [2.45, 2.75) is 99.8 Å². The average molecular weight is 852 g/mol. The van der Waals surface area contributed by atoms with Crippen LogP contribution in [0.2, 0.25) is 0 Å². The van der Waals surface area contributed by atoms with Gasteiger partial charge in [-0.15, -0.1) is 29.1 Å². The number of carbonyl (C=O) groups excluding carboxylic acids is 1. The Balaban J connectivity index is 0.000000361. The molecule has 0 spiro atoms. The van der Waals surface area contributed by atoms with Crippen molar-refractivity contribution in [2.24, 2.45) is 17.8 Å². The van der Waals surface area contributed by atoms with Gasteiger partial charge in [-0.05, 0) is 60.8 Å². The fourth-order valence-corrected chi connectivity index (χ4v) is 6.34. The van der Waals surface area contributed by atoms with Crippen LogP contribution in [-0.4, -0.2) is 15.9 Å². The molecule has 269 valence electrons. The number of carbonyl (C=O) groups is 1. The summed E-state index contributed by atoms with van der Waals surface area (Å²) in [5.74, 6) is 2.08. The third kappa shape index (κ3) is 9.95. The van der Waals surface area contributed by atoms with Crippen LogP contribution in [0.15, 0.2) is 83.2 Å². The zero-order chi connectivity index (χ0) is 35.9. The Bertz CT molecular complexity index is 1910. The summed E-state index contributed by atoms with van der Waals surface area (Å²) in [4.78, 5) is 16.4. The Morgan fingerprint density at radius 2 is 1.62 bits per heavy atom. The van der Waals surface area contributed by atoms with E-state index in [2.05, 4.69) is 107 Å². The van der Waals surface area contributed by atoms with Crippen LogP contribution in [0.25, 0.3) is 44.3 Å². The van der Waals surface area contributed by atoms with Crippen molar-refractivity contribution in [3.05, 3.63) is 103 Å². The van der Waals surface area contributed by atoms with Gasteiger partial charge in [0.15, 0.2) is 11.4 Å². The Morgan fingerprint density at radius 1 is 0.960 bits per heavy atom. The molecule has 0 aliphatic heterocycles. The molecule has 0 unspecified atom stereocenters. The minimum atomic E-state index is 0. The van der Waals surface area contributed by atoms with Crippen LogP contribution in [0.4, 0.5) is 0 Å². The van der Waals surface area contributed by atoms with Gasteiger partial charge in [0.1, 0.15) is 17.0 Å². The van der Waals surface area contributed by atoms with Gasteiger partial charge < -0.3 is 14.1 Å². The molecule has 0 atom stereocenters. The Labute approximate surface area is 313 Å². The van der Waals surface area contributed by atoms with Crippen LogP contribution in [0.1, 0.15) is 99.3 Å². The maximum Gasteiger partial charge on any atom is 0.162 e. The number of aliphatic hydroxyl groups is 1. The van der Waals surface area contributed by atoms with Gasteiger partial charge in [-0.25, -0.2) is 0 Å². The first-order chi connectivity index (χ1) is 23.3. The Morgan fingerprint density at radius 3 is 2.24 bits per heavy atom. The molecule has 0 saturated heterocycles. The summed E-state index contributed by atoms with van der Waals surface area (Å²) in [5, 5.41) is 12.1. The largest absolute Gasteiger partial charge is 0.512 e. The number of allylic oxidation sites excluding steroid dienone is 2. The summed E-state index contributed by atoms with van der Waals surface area (Å²) in [5.41, 5.74) is 7.18. The van der Waals surface area contributed by atoms with Crippen molar-refractivity contribution in [3.8, 4) is 22.4 Å². The summed E-state index contributed by atoms with van der Waals surface area (Å²) < 4.78 is 8.01. The van der Waals surface area contributed by atoms with Gasteiger partial charge in [0.05, 0.1) is 12.0 Å². The van der Waals surface area contributed by atoms with Crippen LogP contribution in [0, 0.1) is 30.9 Å². The van der Waals surface area contributed by atoms with Gasteiger partial charge in [-0.3, -0.25) is 9.78 Å². The van der Waals surface area contributed by atoms with Gasteiger partial charge in [0, 0.05) is 69.3 Å². The number of nitrogens with zero attached hydrogens (tertiary/aromatic N) is 2. The molecule has 5 rings (SSSR count). The van der Waals surface area contributed by atoms with E-state index < -0.39 is 0 Å². The van der Waals surface area contributed by atoms with Crippen LogP contribution in [-0.2, 0) is 36.7 Å². The number of rotatable bonds is 11. The first-order valence-electron chi connectivity index (χ1n) is 17.9. The second-order valence-corrected chi connectivity index (χ2v) is 14.6. The van der Waals surface area contributed by atoms with E-state index in [1.807, 2.05) is 44.7 Å². The SMILES string of the molecule is CCC(CC)C(=O)/C=C(\O)C(CC)CC.[CH2-][n+]1ccc(-c2cnc3cc(CC(C)C)oc3c2)cc1-c1[c-]c2ccccc2c(C(C)(C)C)c1.[Ir]. The van der Waals surface area contributed by atoms with Crippen molar-refractivity contribution in [1.29, 1.82) is 0 Å². The Kier molecular flexibility index (Phi) is 14.6. The molecule has 5 aromatic rings. The molecule has 50 heavy (non-hydrogen) atoms. The number of aliphatic hydroxyl groups excluding tert-OH is 1. The maximum absolute atomic E-state index is 11.7. The predicted octanol–water partition coefficient (Wildman–Crippen LogP) is 11.4. The third-order valence-electron chi connectivity index (χ3n) is 9.34. The first kappa shape index (κ1) is 40.7. The van der Waals surface area contributed by atoms with E-state index in [9.17, 15) is 9.90 Å². The fourth-order valence-electron chi connectivity index (χ4n) is 6.34. The number of hydrogen-bond donors (Lipinski definition) is 1. The van der Waals surface area contributed by atoms with E-state index in [0.29, 0.717) is 5.92 Å². The molecule has 0 fully saturated rings. The molecular weight excluding hydrogens is 797 g/mol. The monoisotopic (exact) mass is 852 g/mol. The quantitative estimate of drug-likeness (QED) is 0.0622. The van der Waals surface area contributed by atoms with Crippen LogP contribution in [0.3, 0.4) is 0 Å². The smallest absolute Gasteiger partial charge is 0.162 e. The molecule has 6 heteroatoms. The summed E-state index contributed by atoms with van der Waals surface area (Å²) in [6.07, 6.45) is 9.75. The van der Waals surface area contributed by atoms with E-state index >= 15 is 0 Å². The second kappa shape index (κ2) is 18.0. The predicted molar refractivity (Wildman–Crippen MR) is 203 cm³/mol. The number of ketones is 1. The summed E-state index contributed by atoms with van der Waals surface area (Å²) in [6.45, 7) is 19.2. The van der Waals surface area contributed by atoms with Crippen molar-refractivity contribution in [2.75, 3.05) is 0 Å². The van der Waals surface area contributed by atoms with Crippen LogP contribution in [0.5, 0.6) is 0 Å². The van der Waals surface area contributed by atoms with Gasteiger partial charge in [-0.2, -0.15) is 0 Å². The number of pyridine rings is 2. The topological polar surface area (TPSA) is 67.2 Å². The molecular formula is C44H55IrN2O3-. The minimum Gasteiger partial charge on any atom is -0.512 e. The van der Waals surface area contributed by atoms with Gasteiger partial charge in [0.2, 0.25) is 0 Å². The van der Waals surface area contributed by atoms with Crippen molar-refractivity contribution >= 4 is 27.7 Å². The zero-order valence-electron chi connectivity index (χ0n) is 31.4. The number of aromatic nitrogens is 2. The molecule has 0 amide bonds. The van der Waals surface area contributed by atoms with E-state index in [-0.39, 0.29) is 48.9 Å². The number of fused-ring (bicyclic) bond motifs is 2. The van der Waals surface area contributed by atoms with Crippen molar-refractivity contribution < 1.29 is 39.0 Å². The number of hydrogen-bond acceptors (Lipinski definition) is 4. The van der Waals surface area contributed by atoms with Gasteiger partial charge in [0.25, 0.3) is 0 Å². The molecule has 5 nitrogen and oxygen atoms in total. The second-order valence-electron chi connectivity index (χ2n) is 14.6. The van der Waals surface area contributed by atoms with Crippen LogP contribution < -0.4 is 4.57 Å². The molecule has 1 radical (unpaired) electrons. The molecule has 0 bridgehead atoms. The molecule has 0 saturated carbocycles. The van der Waals surface area contributed by atoms with E-state index in [4.69, 9.17) is 4.42 Å². The summed E-state index contributed by atoms with van der Waals surface area (Å²) >= 11 is 0. The summed E-state index contributed by atoms with van der Waals surface area (Å²) in [6, 6.07) is 22.8. The molecule has 2 aromatic carbocycles. The van der Waals surface area contributed by atoms with E-state index in [1.165, 1.54) is 17.0 Å². The first-order valence-corrected chi connectivity index (χ1v) is 17.9. The van der Waals surface area contributed by atoms with E-state index in [1.54, 1.807) is 0 Å². The molecule has 1 N–H and O–H groups in total. The number of benzene rings is 2. The van der Waals surface area contributed by atoms with Crippen molar-refractivity contribution in [3.63, 3.8) is 0 Å². The standard InChI is InChI=1S/C31H31N2O.C13H24O2.Ir/c1-20(2)13-25-18-28-30(34-25)17-24(19-32-28)21-11-12-33(6)29(16-21)23-14-22-9-7-8-10-26(22)27(15-23)31(3,4)5;1-5-10(6-2)12(14)9-13(15)11(7-3)8-4;/h7-12,15-20H,6,13H2,1-5H3;9-11,14H,5-8H2,1-4H3;/q-1;;/b;12-9-;. The number of furan rings is 1. The molecule has 3 aromatic heterocycles. The molecule has 3 heterocycles. The molecule has 0 aliphatic carbocycles. The van der Waals surface area contributed by atoms with Crippen LogP contribution >= 0.6 is 0 Å². The van der Waals surface area contributed by atoms with Crippen molar-refractivity contribution in [1.82, 2.24) is 4.98 Å². The maximum atomic E-state index is 11.7. The van der Waals surface area contributed by atoms with E-state index in [0.717, 1.165) is 76.7 Å². The molecule has 0 aliphatic rings. The normalized spacial score (nSPS) is 12.0.